The lowest BCUT2D eigenvalue weighted by Crippen LogP contribution is -2.54. The summed E-state index contributed by atoms with van der Waals surface area (Å²) in [7, 11) is -4.06. The average molecular weight is 725 g/mol. The molecule has 16 nitrogen and oxygen atoms in total. The van der Waals surface area contributed by atoms with Crippen LogP contribution >= 0.6 is 0 Å². The number of amides is 1. The van der Waals surface area contributed by atoms with Crippen molar-refractivity contribution >= 4 is 50.8 Å². The molecule has 0 aliphatic carbocycles. The fraction of sp³-hybridized carbons (Fsp3) is 0.529. The Morgan fingerprint density at radius 3 is 1.90 bits per heavy atom. The Labute approximate surface area is 299 Å². The summed E-state index contributed by atoms with van der Waals surface area (Å²) < 4.78 is 28.8. The van der Waals surface area contributed by atoms with Crippen molar-refractivity contribution in [2.75, 3.05) is 51.3 Å². The van der Waals surface area contributed by atoms with Gasteiger partial charge in [-0.25, -0.2) is 8.42 Å². The van der Waals surface area contributed by atoms with Gasteiger partial charge >= 0.3 is 0 Å². The molecule has 0 saturated carbocycles. The van der Waals surface area contributed by atoms with E-state index >= 15 is 0 Å². The fourth-order valence-electron chi connectivity index (χ4n) is 6.36. The van der Waals surface area contributed by atoms with Crippen LogP contribution in [-0.4, -0.2) is 84.7 Å². The monoisotopic (exact) mass is 724 g/mol. The number of phenols is 1. The molecule has 3 aromatic rings. The van der Waals surface area contributed by atoms with Gasteiger partial charge in [0.25, 0.3) is 10.0 Å². The van der Waals surface area contributed by atoms with Gasteiger partial charge in [-0.3, -0.25) is 9.52 Å². The standard InChI is InChI=1S/C34H52N12O4S/c1-21(2)6-4-3-5-7-31(48)39-26-8-11-28(12-9-26)51(49,50)44-29-13-10-27(16-30(29)47)40-32-41-33(45-17-22(35)14-23(36)18-45)43-34(42-32)46-19-24(37)15-25(38)20-46/h8-13,16,21-25,44,47H,3-7,14-15,17-20,35-38H2,1-2H3,(H,39,48)(H,40,41,42,43)/t22-,23+,24-,25+. The predicted molar refractivity (Wildman–Crippen MR) is 201 cm³/mol. The van der Waals surface area contributed by atoms with Gasteiger partial charge in [0.2, 0.25) is 23.8 Å². The van der Waals surface area contributed by atoms with Gasteiger partial charge in [-0.15, -0.1) is 0 Å². The smallest absolute Gasteiger partial charge is 0.262 e. The largest absolute Gasteiger partial charge is 0.506 e. The van der Waals surface area contributed by atoms with Crippen molar-refractivity contribution in [3.63, 3.8) is 0 Å². The molecule has 0 spiro atoms. The van der Waals surface area contributed by atoms with E-state index in [1.165, 1.54) is 36.4 Å². The molecule has 2 aromatic carbocycles. The Bertz CT molecular complexity index is 1680. The molecule has 0 unspecified atom stereocenters. The van der Waals surface area contributed by atoms with Crippen molar-refractivity contribution in [2.24, 2.45) is 28.9 Å². The Hall–Kier alpha value is -4.29. The molecule has 278 valence electrons. The summed E-state index contributed by atoms with van der Waals surface area (Å²) in [4.78, 5) is 30.1. The topological polar surface area (TPSA) is 257 Å². The van der Waals surface area contributed by atoms with Crippen LogP contribution in [0.2, 0.25) is 0 Å². The molecule has 1 aromatic heterocycles. The molecule has 3 heterocycles. The number of unbranched alkanes of at least 4 members (excludes halogenated alkanes) is 2. The minimum atomic E-state index is -4.06. The first-order valence-corrected chi connectivity index (χ1v) is 19.0. The van der Waals surface area contributed by atoms with Gasteiger partial charge < -0.3 is 48.5 Å². The Morgan fingerprint density at radius 1 is 0.824 bits per heavy atom. The van der Waals surface area contributed by atoms with Crippen LogP contribution in [0.3, 0.4) is 0 Å². The van der Waals surface area contributed by atoms with E-state index in [9.17, 15) is 18.3 Å². The molecule has 0 bridgehead atoms. The van der Waals surface area contributed by atoms with Gasteiger partial charge in [-0.05, 0) is 61.6 Å². The SMILES string of the molecule is CC(C)CCCCCC(=O)Nc1ccc(S(=O)(=O)Nc2ccc(Nc3nc(N4C[C@H](N)C[C@H](N)C4)nc(N4C[C@H](N)C[C@H](N)C4)n3)cc2O)cc1. The number of nitrogens with one attached hydrogen (secondary N) is 3. The zero-order chi connectivity index (χ0) is 36.7. The number of piperidine rings is 2. The van der Waals surface area contributed by atoms with E-state index in [-0.39, 0.29) is 52.4 Å². The third-order valence-electron chi connectivity index (χ3n) is 8.84. The average Bonchev–Trinajstić information content (AvgIpc) is 3.05. The molecule has 51 heavy (non-hydrogen) atoms. The molecule has 2 aliphatic rings. The molecular formula is C34H52N12O4S. The zero-order valence-electron chi connectivity index (χ0n) is 29.3. The number of aromatic nitrogens is 3. The van der Waals surface area contributed by atoms with E-state index in [2.05, 4.69) is 39.2 Å². The van der Waals surface area contributed by atoms with Gasteiger partial charge in [-0.2, -0.15) is 15.0 Å². The van der Waals surface area contributed by atoms with Crippen LogP contribution < -0.4 is 48.1 Å². The van der Waals surface area contributed by atoms with Crippen LogP contribution in [0, 0.1) is 5.92 Å². The highest BCUT2D eigenvalue weighted by molar-refractivity contribution is 7.92. The number of rotatable bonds is 14. The summed E-state index contributed by atoms with van der Waals surface area (Å²) in [5.41, 5.74) is 25.9. The minimum Gasteiger partial charge on any atom is -0.506 e. The molecular weight excluding hydrogens is 673 g/mol. The molecule has 0 radical (unpaired) electrons. The third-order valence-corrected chi connectivity index (χ3v) is 10.2. The van der Waals surface area contributed by atoms with Gasteiger partial charge in [0.1, 0.15) is 5.75 Å². The quantitative estimate of drug-likeness (QED) is 0.0878. The lowest BCUT2D eigenvalue weighted by molar-refractivity contribution is -0.116. The molecule has 5 rings (SSSR count). The van der Waals surface area contributed by atoms with Crippen LogP contribution in [0.4, 0.5) is 34.9 Å². The maximum absolute atomic E-state index is 13.2. The minimum absolute atomic E-state index is 0.0278. The third kappa shape index (κ3) is 10.9. The Morgan fingerprint density at radius 2 is 1.37 bits per heavy atom. The normalized spacial score (nSPS) is 21.1. The van der Waals surface area contributed by atoms with Crippen molar-refractivity contribution in [3.05, 3.63) is 42.5 Å². The Balaban J connectivity index is 1.26. The highest BCUT2D eigenvalue weighted by Gasteiger charge is 2.29. The molecule has 17 heteroatoms. The summed E-state index contributed by atoms with van der Waals surface area (Å²) in [6, 6.07) is 9.66. The number of sulfonamides is 1. The molecule has 12 N–H and O–H groups in total. The van der Waals surface area contributed by atoms with Gasteiger partial charge in [0.15, 0.2) is 0 Å². The molecule has 2 saturated heterocycles. The number of phenolic OH excluding ortho intramolecular Hbond substituents is 1. The number of nitrogens with two attached hydrogens (primary N) is 4. The lowest BCUT2D eigenvalue weighted by Gasteiger charge is -2.37. The van der Waals surface area contributed by atoms with Gasteiger partial charge in [0.05, 0.1) is 10.6 Å². The van der Waals surface area contributed by atoms with Crippen molar-refractivity contribution in [2.45, 2.75) is 87.9 Å². The van der Waals surface area contributed by atoms with Crippen molar-refractivity contribution in [1.82, 2.24) is 15.0 Å². The maximum Gasteiger partial charge on any atom is 0.262 e. The Kier molecular flexibility index (Phi) is 12.5. The number of nitrogens with zero attached hydrogens (tertiary/aromatic N) is 5. The first-order chi connectivity index (χ1) is 24.2. The molecule has 2 fully saturated rings. The first-order valence-electron chi connectivity index (χ1n) is 17.5. The van der Waals surface area contributed by atoms with E-state index in [0.717, 1.165) is 25.7 Å². The van der Waals surface area contributed by atoms with Crippen molar-refractivity contribution in [1.29, 1.82) is 0 Å². The summed E-state index contributed by atoms with van der Waals surface area (Å²) in [5.74, 6) is 1.18. The summed E-state index contributed by atoms with van der Waals surface area (Å²) in [6.45, 7) is 6.43. The number of hydrogen-bond acceptors (Lipinski definition) is 14. The van der Waals surface area contributed by atoms with Crippen LogP contribution in [0.5, 0.6) is 5.75 Å². The number of aromatic hydroxyl groups is 1. The number of benzene rings is 2. The van der Waals surface area contributed by atoms with E-state index in [1.807, 2.05) is 9.80 Å². The summed E-state index contributed by atoms with van der Waals surface area (Å²) in [6.07, 6.45) is 5.81. The highest BCUT2D eigenvalue weighted by Crippen LogP contribution is 2.31. The van der Waals surface area contributed by atoms with E-state index in [0.29, 0.717) is 74.6 Å². The predicted octanol–water partition coefficient (Wildman–Crippen LogP) is 2.40. The molecule has 1 amide bonds. The van der Waals surface area contributed by atoms with Gasteiger partial charge in [0, 0.05) is 74.2 Å². The van der Waals surface area contributed by atoms with Crippen LogP contribution in [-0.2, 0) is 14.8 Å². The van der Waals surface area contributed by atoms with Crippen LogP contribution in [0.25, 0.3) is 0 Å². The molecule has 2 aliphatic heterocycles. The lowest BCUT2D eigenvalue weighted by atomic mass is 10.0. The number of carbonyl (C=O) groups is 1. The van der Waals surface area contributed by atoms with E-state index in [4.69, 9.17) is 27.9 Å². The highest BCUT2D eigenvalue weighted by atomic mass is 32.2. The maximum atomic E-state index is 13.2. The second-order valence-electron chi connectivity index (χ2n) is 14.1. The van der Waals surface area contributed by atoms with Crippen molar-refractivity contribution in [3.8, 4) is 5.75 Å². The second-order valence-corrected chi connectivity index (χ2v) is 15.8. The zero-order valence-corrected chi connectivity index (χ0v) is 30.1. The second kappa shape index (κ2) is 16.8. The van der Waals surface area contributed by atoms with Gasteiger partial charge in [-0.1, -0.05) is 33.1 Å². The summed E-state index contributed by atoms with van der Waals surface area (Å²) in [5, 5.41) is 16.8. The van der Waals surface area contributed by atoms with Crippen LogP contribution in [0.15, 0.2) is 47.4 Å². The van der Waals surface area contributed by atoms with Crippen molar-refractivity contribution < 1.29 is 18.3 Å². The first kappa shape index (κ1) is 38.0. The number of anilines is 6. The van der Waals surface area contributed by atoms with E-state index < -0.39 is 10.0 Å². The number of carbonyl (C=O) groups excluding carboxylic acids is 1. The summed E-state index contributed by atoms with van der Waals surface area (Å²) >= 11 is 0. The fourth-order valence-corrected chi connectivity index (χ4v) is 7.44. The molecule has 4 atom stereocenters. The number of hydrogen-bond donors (Lipinski definition) is 8. The van der Waals surface area contributed by atoms with E-state index in [1.54, 1.807) is 6.07 Å². The van der Waals surface area contributed by atoms with Crippen LogP contribution in [0.1, 0.15) is 58.8 Å².